The average molecular weight is 320 g/mol. The molecule has 0 saturated heterocycles. The van der Waals surface area contributed by atoms with Crippen LogP contribution in [0.25, 0.3) is 0 Å². The van der Waals surface area contributed by atoms with Crippen LogP contribution < -0.4 is 5.73 Å². The molecule has 0 amide bonds. The van der Waals surface area contributed by atoms with Crippen LogP contribution >= 0.6 is 11.3 Å². The predicted molar refractivity (Wildman–Crippen MR) is 87.7 cm³/mol. The number of allylic oxidation sites excluding steroid dienone is 4. The lowest BCUT2D eigenvalue weighted by Gasteiger charge is -2.42. The Morgan fingerprint density at radius 1 is 1.26 bits per heavy atom. The number of thiophene rings is 1. The van der Waals surface area contributed by atoms with E-state index in [0.717, 1.165) is 34.6 Å². The minimum absolute atomic E-state index is 0.00282. The molecule has 0 spiro atoms. The Labute approximate surface area is 139 Å². The maximum absolute atomic E-state index is 9.84. The minimum Gasteiger partial charge on any atom is -0.399 e. The van der Waals surface area contributed by atoms with Gasteiger partial charge in [0.25, 0.3) is 0 Å². The standard InChI is InChI=1S/C18H16N4S/c1-11-6-7-15(23-11)16-13-5-3-2-4-12(13)14(8-19)17(22)18(16,9-20)10-21/h4,6-7,13,16H,2-3,5,22H2,1H3/t13-,16+/m0/s1. The fourth-order valence-corrected chi connectivity index (χ4v) is 4.91. The van der Waals surface area contributed by atoms with Gasteiger partial charge in [-0.05, 0) is 49.8 Å². The number of aryl methyl sites for hydroxylation is 1. The van der Waals surface area contributed by atoms with E-state index in [2.05, 4.69) is 24.3 Å². The fraction of sp³-hybridized carbons (Fsp3) is 0.389. The van der Waals surface area contributed by atoms with Crippen molar-refractivity contribution in [3.63, 3.8) is 0 Å². The lowest BCUT2D eigenvalue weighted by atomic mass is 9.58. The van der Waals surface area contributed by atoms with Crippen molar-refractivity contribution >= 4 is 11.3 Å². The summed E-state index contributed by atoms with van der Waals surface area (Å²) >= 11 is 1.60. The van der Waals surface area contributed by atoms with Gasteiger partial charge < -0.3 is 5.73 Å². The first kappa shape index (κ1) is 15.3. The fourth-order valence-electron chi connectivity index (χ4n) is 3.80. The van der Waals surface area contributed by atoms with E-state index in [1.54, 1.807) is 11.3 Å². The Morgan fingerprint density at radius 3 is 2.57 bits per heavy atom. The van der Waals surface area contributed by atoms with Crippen LogP contribution in [0.15, 0.2) is 35.1 Å². The van der Waals surface area contributed by atoms with Gasteiger partial charge in [0.1, 0.15) is 6.07 Å². The van der Waals surface area contributed by atoms with E-state index in [4.69, 9.17) is 5.73 Å². The third-order valence-corrected chi connectivity index (χ3v) is 5.95. The number of fused-ring (bicyclic) bond motifs is 1. The van der Waals surface area contributed by atoms with Crippen molar-refractivity contribution < 1.29 is 0 Å². The summed E-state index contributed by atoms with van der Waals surface area (Å²) in [5, 5.41) is 29.2. The third kappa shape index (κ3) is 2.07. The second-order valence-corrected chi connectivity index (χ2v) is 7.37. The average Bonchev–Trinajstić information content (AvgIpc) is 3.00. The van der Waals surface area contributed by atoms with Crippen LogP contribution in [-0.4, -0.2) is 0 Å². The van der Waals surface area contributed by atoms with Crippen molar-refractivity contribution in [2.24, 2.45) is 17.1 Å². The number of hydrogen-bond acceptors (Lipinski definition) is 5. The molecule has 114 valence electrons. The highest BCUT2D eigenvalue weighted by Gasteiger charge is 2.54. The highest BCUT2D eigenvalue weighted by atomic mass is 32.1. The molecule has 1 aromatic rings. The Kier molecular flexibility index (Phi) is 3.72. The summed E-state index contributed by atoms with van der Waals surface area (Å²) in [5.74, 6) is -0.303. The lowest BCUT2D eigenvalue weighted by Crippen LogP contribution is -2.42. The van der Waals surface area contributed by atoms with E-state index in [1.807, 2.05) is 19.1 Å². The van der Waals surface area contributed by atoms with Gasteiger partial charge in [-0.1, -0.05) is 6.08 Å². The Morgan fingerprint density at radius 2 is 2.00 bits per heavy atom. The van der Waals surface area contributed by atoms with Gasteiger partial charge in [0.15, 0.2) is 5.41 Å². The van der Waals surface area contributed by atoms with Crippen LogP contribution in [0.4, 0.5) is 0 Å². The van der Waals surface area contributed by atoms with Crippen LogP contribution in [0.2, 0.25) is 0 Å². The van der Waals surface area contributed by atoms with Crippen LogP contribution in [0.5, 0.6) is 0 Å². The molecule has 0 aliphatic heterocycles. The summed E-state index contributed by atoms with van der Waals surface area (Å²) < 4.78 is 0. The Balaban J connectivity index is 2.33. The van der Waals surface area contributed by atoms with Gasteiger partial charge in [0, 0.05) is 15.7 Å². The van der Waals surface area contributed by atoms with Crippen LogP contribution in [0.3, 0.4) is 0 Å². The molecule has 5 heteroatoms. The van der Waals surface area contributed by atoms with Crippen LogP contribution in [0, 0.1) is 52.2 Å². The molecule has 0 aromatic carbocycles. The number of nitrogens with two attached hydrogens (primary N) is 1. The van der Waals surface area contributed by atoms with E-state index >= 15 is 0 Å². The number of nitriles is 3. The van der Waals surface area contributed by atoms with Gasteiger partial charge in [-0.15, -0.1) is 11.3 Å². The van der Waals surface area contributed by atoms with Gasteiger partial charge in [-0.25, -0.2) is 0 Å². The molecule has 0 saturated carbocycles. The van der Waals surface area contributed by atoms with Crippen molar-refractivity contribution in [2.75, 3.05) is 0 Å². The van der Waals surface area contributed by atoms with Gasteiger partial charge in [0.2, 0.25) is 0 Å². The first-order chi connectivity index (χ1) is 11.1. The molecule has 0 bridgehead atoms. The molecular formula is C18H16N4S. The molecule has 1 aromatic heterocycles. The zero-order chi connectivity index (χ0) is 16.6. The molecule has 4 nitrogen and oxygen atoms in total. The minimum atomic E-state index is -1.47. The Hall–Kier alpha value is -2.55. The van der Waals surface area contributed by atoms with Gasteiger partial charge in [-0.3, -0.25) is 0 Å². The first-order valence-corrected chi connectivity index (χ1v) is 8.40. The molecule has 2 N–H and O–H groups in total. The van der Waals surface area contributed by atoms with Crippen LogP contribution in [-0.2, 0) is 0 Å². The van der Waals surface area contributed by atoms with Gasteiger partial charge in [0.05, 0.1) is 23.4 Å². The summed E-state index contributed by atoms with van der Waals surface area (Å²) in [6.07, 6.45) is 4.84. The van der Waals surface area contributed by atoms with E-state index < -0.39 is 5.41 Å². The van der Waals surface area contributed by atoms with E-state index in [9.17, 15) is 15.8 Å². The first-order valence-electron chi connectivity index (χ1n) is 7.58. The summed E-state index contributed by atoms with van der Waals surface area (Å²) in [6, 6.07) is 10.5. The number of nitrogens with zero attached hydrogens (tertiary/aromatic N) is 3. The maximum Gasteiger partial charge on any atom is 0.192 e. The van der Waals surface area contributed by atoms with E-state index in [-0.39, 0.29) is 17.5 Å². The van der Waals surface area contributed by atoms with E-state index in [1.165, 1.54) is 0 Å². The predicted octanol–water partition coefficient (Wildman–Crippen LogP) is 3.65. The monoisotopic (exact) mass is 320 g/mol. The highest BCUT2D eigenvalue weighted by molar-refractivity contribution is 7.12. The van der Waals surface area contributed by atoms with Crippen molar-refractivity contribution in [3.8, 4) is 18.2 Å². The molecule has 23 heavy (non-hydrogen) atoms. The second kappa shape index (κ2) is 5.58. The maximum atomic E-state index is 9.84. The van der Waals surface area contributed by atoms with Gasteiger partial charge >= 0.3 is 0 Å². The zero-order valence-electron chi connectivity index (χ0n) is 12.8. The highest BCUT2D eigenvalue weighted by Crippen LogP contribution is 2.56. The van der Waals surface area contributed by atoms with Crippen molar-refractivity contribution in [1.82, 2.24) is 0 Å². The lowest BCUT2D eigenvalue weighted by molar-refractivity contribution is 0.321. The number of rotatable bonds is 1. The summed E-state index contributed by atoms with van der Waals surface area (Å²) in [7, 11) is 0. The quantitative estimate of drug-likeness (QED) is 0.854. The summed E-state index contributed by atoms with van der Waals surface area (Å²) in [5.41, 5.74) is 6.11. The molecule has 3 rings (SSSR count). The van der Waals surface area contributed by atoms with Crippen molar-refractivity contribution in [2.45, 2.75) is 32.1 Å². The second-order valence-electron chi connectivity index (χ2n) is 6.06. The molecule has 1 heterocycles. The smallest absolute Gasteiger partial charge is 0.192 e. The molecule has 0 fully saturated rings. The molecule has 0 radical (unpaired) electrons. The van der Waals surface area contributed by atoms with Gasteiger partial charge in [-0.2, -0.15) is 15.8 Å². The largest absolute Gasteiger partial charge is 0.399 e. The summed E-state index contributed by atoms with van der Waals surface area (Å²) in [6.45, 7) is 2.01. The molecule has 2 aliphatic carbocycles. The molecule has 2 aliphatic rings. The topological polar surface area (TPSA) is 97.4 Å². The Bertz CT molecular complexity index is 824. The van der Waals surface area contributed by atoms with Crippen molar-refractivity contribution in [3.05, 3.63) is 44.8 Å². The molecule has 2 atom stereocenters. The number of hydrogen-bond donors (Lipinski definition) is 1. The third-order valence-electron chi connectivity index (χ3n) is 4.87. The molecular weight excluding hydrogens is 304 g/mol. The van der Waals surface area contributed by atoms with Crippen LogP contribution in [0.1, 0.15) is 34.9 Å². The molecule has 0 unspecified atom stereocenters. The van der Waals surface area contributed by atoms with E-state index in [0.29, 0.717) is 5.57 Å². The normalized spacial score (nSPS) is 25.6. The summed E-state index contributed by atoms with van der Waals surface area (Å²) in [4.78, 5) is 2.14. The SMILES string of the molecule is Cc1ccc([C@H]2[C@H]3CCCC=C3C(C#N)=C(N)C2(C#N)C#N)s1. The zero-order valence-corrected chi connectivity index (χ0v) is 13.7. The van der Waals surface area contributed by atoms with Crippen molar-refractivity contribution in [1.29, 1.82) is 15.8 Å².